The number of Topliss-reactive ketones (excluding diaryl/α,β-unsaturated/α-hetero) is 1. The zero-order valence-electron chi connectivity index (χ0n) is 7.59. The summed E-state index contributed by atoms with van der Waals surface area (Å²) in [5, 5.41) is 0.689. The van der Waals surface area contributed by atoms with Crippen molar-refractivity contribution in [2.45, 2.75) is 25.2 Å². The Morgan fingerprint density at radius 3 is 2.71 bits per heavy atom. The Labute approximate surface area is 96.6 Å². The molecule has 1 saturated carbocycles. The van der Waals surface area contributed by atoms with Gasteiger partial charge in [0.05, 0.1) is 0 Å². The van der Waals surface area contributed by atoms with Crippen molar-refractivity contribution in [2.75, 3.05) is 0 Å². The van der Waals surface area contributed by atoms with Crippen molar-refractivity contribution in [3.05, 3.63) is 33.3 Å². The Balaban J connectivity index is 2.35. The number of hydrogen-bond acceptors (Lipinski definition) is 1. The average Bonchev–Trinajstić information content (AvgIpc) is 2.49. The number of carbonyl (C=O) groups is 1. The molecule has 0 spiro atoms. The number of halogens is 2. The van der Waals surface area contributed by atoms with E-state index in [-0.39, 0.29) is 5.92 Å². The molecule has 0 heterocycles. The predicted molar refractivity (Wildman–Crippen MR) is 60.8 cm³/mol. The number of rotatable bonds is 1. The lowest BCUT2D eigenvalue weighted by molar-refractivity contribution is -0.118. The molecular formula is C11H10BrClO. The van der Waals surface area contributed by atoms with E-state index >= 15 is 0 Å². The summed E-state index contributed by atoms with van der Waals surface area (Å²) in [7, 11) is 0. The van der Waals surface area contributed by atoms with Gasteiger partial charge in [0.1, 0.15) is 5.78 Å². The molecule has 2 rings (SSSR count). The summed E-state index contributed by atoms with van der Waals surface area (Å²) in [5.41, 5.74) is 1.05. The predicted octanol–water partition coefficient (Wildman–Crippen LogP) is 3.94. The van der Waals surface area contributed by atoms with Crippen LogP contribution in [0.15, 0.2) is 22.7 Å². The highest BCUT2D eigenvalue weighted by Gasteiger charge is 2.26. The van der Waals surface area contributed by atoms with Crippen LogP contribution in [0.2, 0.25) is 5.02 Å². The van der Waals surface area contributed by atoms with Gasteiger partial charge in [-0.25, -0.2) is 0 Å². The van der Waals surface area contributed by atoms with E-state index < -0.39 is 0 Å². The molecule has 14 heavy (non-hydrogen) atoms. The van der Waals surface area contributed by atoms with Gasteiger partial charge in [0.25, 0.3) is 0 Å². The van der Waals surface area contributed by atoms with Gasteiger partial charge in [-0.1, -0.05) is 27.5 Å². The zero-order chi connectivity index (χ0) is 10.1. The van der Waals surface area contributed by atoms with Crippen molar-refractivity contribution in [3.8, 4) is 0 Å². The smallest absolute Gasteiger partial charge is 0.140 e. The van der Waals surface area contributed by atoms with Gasteiger partial charge >= 0.3 is 0 Å². The third-order valence-corrected chi connectivity index (χ3v) is 3.27. The SMILES string of the molecule is O=C1CCCC1c1cc(Cl)cc(Br)c1. The second kappa shape index (κ2) is 4.03. The Kier molecular flexibility index (Phi) is 2.93. The van der Waals surface area contributed by atoms with Gasteiger partial charge in [-0.15, -0.1) is 0 Å². The highest BCUT2D eigenvalue weighted by Crippen LogP contribution is 2.33. The van der Waals surface area contributed by atoms with E-state index in [1.165, 1.54) is 0 Å². The van der Waals surface area contributed by atoms with Crippen LogP contribution < -0.4 is 0 Å². The van der Waals surface area contributed by atoms with Crippen LogP contribution in [0.3, 0.4) is 0 Å². The molecule has 1 aromatic carbocycles. The molecule has 0 aromatic heterocycles. The fourth-order valence-corrected chi connectivity index (χ4v) is 2.83. The van der Waals surface area contributed by atoms with Gasteiger partial charge in [0.2, 0.25) is 0 Å². The van der Waals surface area contributed by atoms with E-state index in [2.05, 4.69) is 15.9 Å². The lowest BCUT2D eigenvalue weighted by atomic mass is 9.97. The Hall–Kier alpha value is -0.340. The summed E-state index contributed by atoms with van der Waals surface area (Å²) in [6, 6.07) is 5.71. The quantitative estimate of drug-likeness (QED) is 0.757. The summed E-state index contributed by atoms with van der Waals surface area (Å²) < 4.78 is 0.944. The van der Waals surface area contributed by atoms with E-state index in [4.69, 9.17) is 11.6 Å². The first-order valence-corrected chi connectivity index (χ1v) is 5.82. The number of benzene rings is 1. The minimum Gasteiger partial charge on any atom is -0.299 e. The standard InChI is InChI=1S/C11H10BrClO/c12-8-4-7(5-9(13)6-8)10-2-1-3-11(10)14/h4-6,10H,1-3H2. The van der Waals surface area contributed by atoms with Crippen LogP contribution in [0.4, 0.5) is 0 Å². The maximum atomic E-state index is 11.5. The average molecular weight is 274 g/mol. The summed E-state index contributed by atoms with van der Waals surface area (Å²) >= 11 is 9.32. The van der Waals surface area contributed by atoms with Crippen LogP contribution in [-0.2, 0) is 4.79 Å². The van der Waals surface area contributed by atoms with Crippen molar-refractivity contribution in [1.29, 1.82) is 0 Å². The molecule has 0 amide bonds. The Morgan fingerprint density at radius 1 is 1.36 bits per heavy atom. The van der Waals surface area contributed by atoms with Crippen LogP contribution in [0.1, 0.15) is 30.7 Å². The van der Waals surface area contributed by atoms with Gasteiger partial charge in [-0.3, -0.25) is 4.79 Å². The van der Waals surface area contributed by atoms with Crippen LogP contribution in [-0.4, -0.2) is 5.78 Å². The molecule has 0 radical (unpaired) electrons. The van der Waals surface area contributed by atoms with Crippen LogP contribution in [0, 0.1) is 0 Å². The molecule has 1 nitrogen and oxygen atoms in total. The first-order valence-electron chi connectivity index (χ1n) is 4.65. The van der Waals surface area contributed by atoms with Gasteiger partial charge in [-0.05, 0) is 36.6 Å². The van der Waals surface area contributed by atoms with E-state index in [0.29, 0.717) is 10.8 Å². The molecule has 0 saturated heterocycles. The van der Waals surface area contributed by atoms with Gasteiger partial charge in [-0.2, -0.15) is 0 Å². The van der Waals surface area contributed by atoms with E-state index in [0.717, 1.165) is 29.3 Å². The summed E-state index contributed by atoms with van der Waals surface area (Å²) in [6.07, 6.45) is 2.69. The van der Waals surface area contributed by atoms with Crippen LogP contribution in [0.5, 0.6) is 0 Å². The summed E-state index contributed by atoms with van der Waals surface area (Å²) in [5.74, 6) is 0.421. The minimum absolute atomic E-state index is 0.0741. The number of ketones is 1. The van der Waals surface area contributed by atoms with E-state index in [1.54, 1.807) is 0 Å². The van der Waals surface area contributed by atoms with Crippen molar-refractivity contribution >= 4 is 33.3 Å². The van der Waals surface area contributed by atoms with Crippen molar-refractivity contribution in [2.24, 2.45) is 0 Å². The first kappa shape index (κ1) is 10.2. The van der Waals surface area contributed by atoms with E-state index in [1.807, 2.05) is 18.2 Å². The lowest BCUT2D eigenvalue weighted by Gasteiger charge is -2.09. The second-order valence-electron chi connectivity index (χ2n) is 3.61. The summed E-state index contributed by atoms with van der Waals surface area (Å²) in [4.78, 5) is 11.5. The Bertz CT molecular complexity index is 355. The highest BCUT2D eigenvalue weighted by molar-refractivity contribution is 9.10. The molecule has 1 aliphatic carbocycles. The normalized spacial score (nSPS) is 21.6. The summed E-state index contributed by atoms with van der Waals surface area (Å²) in [6.45, 7) is 0. The van der Waals surface area contributed by atoms with E-state index in [9.17, 15) is 4.79 Å². The molecule has 1 unspecified atom stereocenters. The third kappa shape index (κ3) is 2.01. The molecule has 0 aliphatic heterocycles. The number of carbonyl (C=O) groups excluding carboxylic acids is 1. The van der Waals surface area contributed by atoms with Crippen LogP contribution >= 0.6 is 27.5 Å². The molecule has 3 heteroatoms. The second-order valence-corrected chi connectivity index (χ2v) is 4.97. The minimum atomic E-state index is 0.0741. The van der Waals surface area contributed by atoms with Gasteiger partial charge in [0, 0.05) is 21.8 Å². The molecule has 1 aliphatic rings. The van der Waals surface area contributed by atoms with Crippen molar-refractivity contribution in [3.63, 3.8) is 0 Å². The van der Waals surface area contributed by atoms with Gasteiger partial charge in [0.15, 0.2) is 0 Å². The largest absolute Gasteiger partial charge is 0.299 e. The zero-order valence-corrected chi connectivity index (χ0v) is 9.94. The Morgan fingerprint density at radius 2 is 2.14 bits per heavy atom. The molecular weight excluding hydrogens is 263 g/mol. The molecule has 1 atom stereocenters. The van der Waals surface area contributed by atoms with Crippen molar-refractivity contribution < 1.29 is 4.79 Å². The fraction of sp³-hybridized carbons (Fsp3) is 0.364. The van der Waals surface area contributed by atoms with Gasteiger partial charge < -0.3 is 0 Å². The molecule has 0 bridgehead atoms. The molecule has 1 aromatic rings. The fourth-order valence-electron chi connectivity index (χ4n) is 1.94. The molecule has 0 N–H and O–H groups in total. The lowest BCUT2D eigenvalue weighted by Crippen LogP contribution is -2.03. The van der Waals surface area contributed by atoms with Crippen LogP contribution in [0.25, 0.3) is 0 Å². The molecule has 1 fully saturated rings. The van der Waals surface area contributed by atoms with Crippen molar-refractivity contribution in [1.82, 2.24) is 0 Å². The first-order chi connectivity index (χ1) is 6.66. The number of hydrogen-bond donors (Lipinski definition) is 0. The third-order valence-electron chi connectivity index (χ3n) is 2.59. The highest BCUT2D eigenvalue weighted by atomic mass is 79.9. The monoisotopic (exact) mass is 272 g/mol. The topological polar surface area (TPSA) is 17.1 Å². The maximum Gasteiger partial charge on any atom is 0.140 e. The maximum absolute atomic E-state index is 11.5. The molecule has 74 valence electrons.